The van der Waals surface area contributed by atoms with Crippen LogP contribution in [0.3, 0.4) is 0 Å². The Morgan fingerprint density at radius 1 is 1.04 bits per heavy atom. The van der Waals surface area contributed by atoms with Gasteiger partial charge in [-0.15, -0.1) is 15.3 Å². The number of hydrogen-bond acceptors (Lipinski definition) is 6. The zero-order valence-electron chi connectivity index (χ0n) is 14.9. The summed E-state index contributed by atoms with van der Waals surface area (Å²) in [6.07, 6.45) is 0.435. The number of rotatable bonds is 3. The van der Waals surface area contributed by atoms with Crippen molar-refractivity contribution >= 4 is 22.2 Å². The van der Waals surface area contributed by atoms with Gasteiger partial charge >= 0.3 is 0 Å². The number of anilines is 1. The van der Waals surface area contributed by atoms with Crippen LogP contribution in [-0.2, 0) is 0 Å². The molecular formula is C20H19N5O2. The highest BCUT2D eigenvalue weighted by atomic mass is 16.5. The lowest BCUT2D eigenvalue weighted by atomic mass is 10.1. The number of nitrogens with zero attached hydrogens (tertiary/aromatic N) is 5. The van der Waals surface area contributed by atoms with Crippen molar-refractivity contribution in [3.63, 3.8) is 0 Å². The van der Waals surface area contributed by atoms with Crippen molar-refractivity contribution in [2.75, 3.05) is 25.1 Å². The molecule has 2 aromatic carbocycles. The van der Waals surface area contributed by atoms with Crippen LogP contribution in [0.1, 0.15) is 6.42 Å². The van der Waals surface area contributed by atoms with Gasteiger partial charge in [-0.1, -0.05) is 24.3 Å². The number of fused-ring (bicyclic) bond motifs is 3. The maximum Gasteiger partial charge on any atom is 0.186 e. The fourth-order valence-corrected chi connectivity index (χ4v) is 3.65. The minimum absolute atomic E-state index is 0.316. The van der Waals surface area contributed by atoms with Gasteiger partial charge in [0.15, 0.2) is 17.3 Å². The summed E-state index contributed by atoms with van der Waals surface area (Å²) in [5, 5.41) is 25.7. The third-order valence-electron chi connectivity index (χ3n) is 5.06. The third-order valence-corrected chi connectivity index (χ3v) is 5.06. The average Bonchev–Trinajstić information content (AvgIpc) is 3.33. The molecule has 1 aliphatic heterocycles. The van der Waals surface area contributed by atoms with Gasteiger partial charge in [0, 0.05) is 29.4 Å². The Bertz CT molecular complexity index is 1120. The molecule has 27 heavy (non-hydrogen) atoms. The first kappa shape index (κ1) is 16.0. The first-order valence-corrected chi connectivity index (χ1v) is 8.96. The molecule has 0 bridgehead atoms. The molecule has 1 fully saturated rings. The van der Waals surface area contributed by atoms with Gasteiger partial charge in [-0.2, -0.15) is 4.52 Å². The first-order valence-electron chi connectivity index (χ1n) is 8.96. The lowest BCUT2D eigenvalue weighted by Gasteiger charge is -2.19. The van der Waals surface area contributed by atoms with Gasteiger partial charge in [0.1, 0.15) is 5.75 Å². The van der Waals surface area contributed by atoms with Gasteiger partial charge in [0.05, 0.1) is 13.2 Å². The van der Waals surface area contributed by atoms with Crippen molar-refractivity contribution < 1.29 is 9.84 Å². The number of ether oxygens (including phenoxy) is 1. The fourth-order valence-electron chi connectivity index (χ4n) is 3.65. The largest absolute Gasteiger partial charge is 0.497 e. The molecule has 7 nitrogen and oxygen atoms in total. The second kappa shape index (κ2) is 6.21. The molecule has 1 unspecified atom stereocenters. The van der Waals surface area contributed by atoms with Crippen molar-refractivity contribution in [1.82, 2.24) is 19.8 Å². The number of aliphatic hydroxyl groups is 1. The van der Waals surface area contributed by atoms with E-state index in [0.717, 1.165) is 46.5 Å². The van der Waals surface area contributed by atoms with Crippen molar-refractivity contribution in [2.45, 2.75) is 12.5 Å². The van der Waals surface area contributed by atoms with E-state index in [-0.39, 0.29) is 6.10 Å². The van der Waals surface area contributed by atoms with Crippen LogP contribution >= 0.6 is 0 Å². The number of aliphatic hydroxyl groups excluding tert-OH is 1. The smallest absolute Gasteiger partial charge is 0.186 e. The van der Waals surface area contributed by atoms with E-state index >= 15 is 0 Å². The van der Waals surface area contributed by atoms with E-state index in [4.69, 9.17) is 9.84 Å². The van der Waals surface area contributed by atoms with E-state index in [1.165, 1.54) is 0 Å². The van der Waals surface area contributed by atoms with Crippen molar-refractivity contribution in [3.8, 4) is 17.1 Å². The molecule has 3 heterocycles. The van der Waals surface area contributed by atoms with E-state index in [0.29, 0.717) is 12.4 Å². The predicted octanol–water partition coefficient (Wildman–Crippen LogP) is 2.52. The number of aromatic nitrogens is 4. The molecule has 2 aromatic heterocycles. The zero-order valence-corrected chi connectivity index (χ0v) is 14.9. The number of benzene rings is 2. The van der Waals surface area contributed by atoms with Crippen LogP contribution in [-0.4, -0.2) is 51.2 Å². The monoisotopic (exact) mass is 361 g/mol. The predicted molar refractivity (Wildman–Crippen MR) is 103 cm³/mol. The molecule has 0 aliphatic carbocycles. The minimum Gasteiger partial charge on any atom is -0.497 e. The van der Waals surface area contributed by atoms with Crippen LogP contribution in [0, 0.1) is 0 Å². The number of hydrogen-bond donors (Lipinski definition) is 1. The summed E-state index contributed by atoms with van der Waals surface area (Å²) < 4.78 is 7.04. The second-order valence-electron chi connectivity index (χ2n) is 6.75. The summed E-state index contributed by atoms with van der Waals surface area (Å²) in [5.41, 5.74) is 1.64. The summed E-state index contributed by atoms with van der Waals surface area (Å²) in [6, 6.07) is 15.8. The fraction of sp³-hybridized carbons (Fsp3) is 0.250. The Balaban J connectivity index is 1.74. The highest BCUT2D eigenvalue weighted by molar-refractivity contribution is 6.00. The van der Waals surface area contributed by atoms with Crippen molar-refractivity contribution in [2.24, 2.45) is 0 Å². The molecule has 1 aliphatic rings. The Hall–Kier alpha value is -3.19. The van der Waals surface area contributed by atoms with Crippen LogP contribution in [0.15, 0.2) is 48.5 Å². The second-order valence-corrected chi connectivity index (χ2v) is 6.75. The maximum atomic E-state index is 9.98. The van der Waals surface area contributed by atoms with E-state index in [2.05, 4.69) is 15.1 Å². The van der Waals surface area contributed by atoms with Crippen LogP contribution in [0.5, 0.6) is 5.75 Å². The lowest BCUT2D eigenvalue weighted by molar-refractivity contribution is 0.198. The Labute approximate surface area is 155 Å². The first-order chi connectivity index (χ1) is 13.2. The van der Waals surface area contributed by atoms with Gasteiger partial charge in [-0.3, -0.25) is 0 Å². The summed E-state index contributed by atoms with van der Waals surface area (Å²) in [5.74, 6) is 2.32. The standard InChI is InChI=1S/C20H19N5O2/c1-27-15-8-6-13(7-9-15)18-21-22-19-16-4-2-3-5-17(16)20(23-25(18)19)24-11-10-14(26)12-24/h2-9,14,26H,10-12H2,1H3. The van der Waals surface area contributed by atoms with Gasteiger partial charge in [-0.05, 0) is 30.7 Å². The SMILES string of the molecule is COc1ccc(-c2nnc3c4ccccc4c(N4CCC(O)C4)nn23)cc1. The normalized spacial score (nSPS) is 17.1. The summed E-state index contributed by atoms with van der Waals surface area (Å²) in [4.78, 5) is 2.13. The quantitative estimate of drug-likeness (QED) is 0.604. The Morgan fingerprint density at radius 3 is 2.52 bits per heavy atom. The Kier molecular flexibility index (Phi) is 3.68. The van der Waals surface area contributed by atoms with Gasteiger partial charge in [-0.25, -0.2) is 0 Å². The van der Waals surface area contributed by atoms with Crippen LogP contribution in [0.4, 0.5) is 5.82 Å². The minimum atomic E-state index is -0.316. The molecule has 5 rings (SSSR count). The Morgan fingerprint density at radius 2 is 1.81 bits per heavy atom. The van der Waals surface area contributed by atoms with Crippen LogP contribution in [0.2, 0.25) is 0 Å². The van der Waals surface area contributed by atoms with Crippen molar-refractivity contribution in [3.05, 3.63) is 48.5 Å². The van der Waals surface area contributed by atoms with E-state index in [1.54, 1.807) is 11.6 Å². The molecule has 0 saturated carbocycles. The van der Waals surface area contributed by atoms with Crippen LogP contribution < -0.4 is 9.64 Å². The van der Waals surface area contributed by atoms with E-state index < -0.39 is 0 Å². The summed E-state index contributed by atoms with van der Waals surface area (Å²) in [6.45, 7) is 1.37. The zero-order chi connectivity index (χ0) is 18.4. The van der Waals surface area contributed by atoms with Gasteiger partial charge in [0.2, 0.25) is 0 Å². The highest BCUT2D eigenvalue weighted by Crippen LogP contribution is 2.31. The highest BCUT2D eigenvalue weighted by Gasteiger charge is 2.25. The molecule has 7 heteroatoms. The van der Waals surface area contributed by atoms with Gasteiger partial charge in [0.25, 0.3) is 0 Å². The van der Waals surface area contributed by atoms with Crippen LogP contribution in [0.25, 0.3) is 27.8 Å². The van der Waals surface area contributed by atoms with E-state index in [1.807, 2.05) is 48.5 Å². The number of β-amino-alcohol motifs (C(OH)–C–C–N with tert-alkyl or cyclic N) is 1. The molecule has 4 aromatic rings. The van der Waals surface area contributed by atoms with E-state index in [9.17, 15) is 5.11 Å². The molecule has 0 amide bonds. The molecule has 1 N–H and O–H groups in total. The summed E-state index contributed by atoms with van der Waals surface area (Å²) in [7, 11) is 1.64. The van der Waals surface area contributed by atoms with Gasteiger partial charge < -0.3 is 14.7 Å². The molecular weight excluding hydrogens is 342 g/mol. The maximum absolute atomic E-state index is 9.98. The third kappa shape index (κ3) is 2.59. The average molecular weight is 361 g/mol. The molecule has 0 spiro atoms. The molecule has 136 valence electrons. The number of methoxy groups -OCH3 is 1. The molecule has 1 atom stereocenters. The molecule has 0 radical (unpaired) electrons. The van der Waals surface area contributed by atoms with Crippen molar-refractivity contribution in [1.29, 1.82) is 0 Å². The summed E-state index contributed by atoms with van der Waals surface area (Å²) >= 11 is 0. The topological polar surface area (TPSA) is 75.8 Å². The lowest BCUT2D eigenvalue weighted by Crippen LogP contribution is -2.23. The molecule has 1 saturated heterocycles.